The molecule has 2 atom stereocenters. The second-order valence-electron chi connectivity index (χ2n) is 5.15. The van der Waals surface area contributed by atoms with Gasteiger partial charge >= 0.3 is 0 Å². The minimum absolute atomic E-state index is 0.0986. The number of hydrogen-bond acceptors (Lipinski definition) is 2. The van der Waals surface area contributed by atoms with E-state index in [1.165, 1.54) is 6.07 Å². The molecule has 1 saturated heterocycles. The Kier molecular flexibility index (Phi) is 4.53. The topological polar surface area (TPSA) is 41.1 Å². The number of rotatable bonds is 3. The Morgan fingerprint density at radius 1 is 1.53 bits per heavy atom. The Morgan fingerprint density at radius 2 is 2.32 bits per heavy atom. The van der Waals surface area contributed by atoms with E-state index in [9.17, 15) is 9.18 Å². The fraction of sp³-hybridized carbons (Fsp3) is 0.533. The van der Waals surface area contributed by atoms with E-state index in [0.29, 0.717) is 6.42 Å². The number of amides is 1. The van der Waals surface area contributed by atoms with Crippen LogP contribution in [-0.4, -0.2) is 18.5 Å². The van der Waals surface area contributed by atoms with Crippen LogP contribution >= 0.6 is 0 Å². The summed E-state index contributed by atoms with van der Waals surface area (Å²) in [5.41, 5.74) is 2.08. The number of piperidine rings is 1. The van der Waals surface area contributed by atoms with Crippen LogP contribution in [0.15, 0.2) is 18.2 Å². The lowest BCUT2D eigenvalue weighted by molar-refractivity contribution is -0.121. The van der Waals surface area contributed by atoms with E-state index in [1.807, 2.05) is 19.9 Å². The maximum atomic E-state index is 13.1. The first-order valence-corrected chi connectivity index (χ1v) is 6.89. The average molecular weight is 264 g/mol. The van der Waals surface area contributed by atoms with Crippen molar-refractivity contribution >= 4 is 5.91 Å². The predicted molar refractivity (Wildman–Crippen MR) is 73.3 cm³/mol. The number of halogens is 1. The molecular weight excluding hydrogens is 243 g/mol. The van der Waals surface area contributed by atoms with Crippen LogP contribution in [0, 0.1) is 12.7 Å². The predicted octanol–water partition coefficient (Wildman–Crippen LogP) is 2.45. The molecule has 1 heterocycles. The second kappa shape index (κ2) is 6.15. The van der Waals surface area contributed by atoms with Crippen LogP contribution in [0.2, 0.25) is 0 Å². The summed E-state index contributed by atoms with van der Waals surface area (Å²) >= 11 is 0. The molecule has 1 aliphatic heterocycles. The standard InChI is InChI=1S/C15H21FN2O/c1-3-15(19)18-12-6-7-17-14(9-12)13-5-4-11(16)8-10(13)2/h4-5,8,12,14,17H,3,6-7,9H2,1-2H3,(H,18,19)/t12-,14-/m0/s1. The zero-order valence-corrected chi connectivity index (χ0v) is 11.5. The van der Waals surface area contributed by atoms with Crippen LogP contribution in [0.1, 0.15) is 43.4 Å². The number of aryl methyl sites for hydroxylation is 1. The van der Waals surface area contributed by atoms with Gasteiger partial charge in [-0.15, -0.1) is 0 Å². The molecule has 0 bridgehead atoms. The van der Waals surface area contributed by atoms with E-state index in [4.69, 9.17) is 0 Å². The third-order valence-electron chi connectivity index (χ3n) is 3.70. The maximum Gasteiger partial charge on any atom is 0.219 e. The number of benzene rings is 1. The first-order chi connectivity index (χ1) is 9.10. The van der Waals surface area contributed by atoms with Gasteiger partial charge in [0.05, 0.1) is 0 Å². The summed E-state index contributed by atoms with van der Waals surface area (Å²) in [6, 6.07) is 5.30. The SMILES string of the molecule is CCC(=O)N[C@H]1CCN[C@H](c2ccc(F)cc2C)C1. The second-order valence-corrected chi connectivity index (χ2v) is 5.15. The molecule has 1 aromatic rings. The first kappa shape index (κ1) is 14.0. The molecule has 0 radical (unpaired) electrons. The van der Waals surface area contributed by atoms with Gasteiger partial charge in [-0.05, 0) is 49.6 Å². The maximum absolute atomic E-state index is 13.1. The lowest BCUT2D eigenvalue weighted by Crippen LogP contribution is -2.44. The van der Waals surface area contributed by atoms with E-state index < -0.39 is 0 Å². The van der Waals surface area contributed by atoms with Gasteiger partial charge in [0.15, 0.2) is 0 Å². The highest BCUT2D eigenvalue weighted by atomic mass is 19.1. The Labute approximate surface area is 113 Å². The number of carbonyl (C=O) groups excluding carboxylic acids is 1. The van der Waals surface area contributed by atoms with Gasteiger partial charge < -0.3 is 10.6 Å². The third-order valence-corrected chi connectivity index (χ3v) is 3.70. The molecule has 0 aromatic heterocycles. The Bertz CT molecular complexity index is 461. The summed E-state index contributed by atoms with van der Waals surface area (Å²) in [5.74, 6) is -0.102. The molecule has 0 unspecified atom stereocenters. The summed E-state index contributed by atoms with van der Waals surface area (Å²) in [4.78, 5) is 11.5. The Balaban J connectivity index is 2.06. The lowest BCUT2D eigenvalue weighted by atomic mass is 9.91. The van der Waals surface area contributed by atoms with Gasteiger partial charge in [0.1, 0.15) is 5.82 Å². The van der Waals surface area contributed by atoms with Gasteiger partial charge in [0, 0.05) is 18.5 Å². The zero-order chi connectivity index (χ0) is 13.8. The third kappa shape index (κ3) is 3.53. The minimum Gasteiger partial charge on any atom is -0.353 e. The lowest BCUT2D eigenvalue weighted by Gasteiger charge is -2.32. The van der Waals surface area contributed by atoms with Crippen molar-refractivity contribution in [1.82, 2.24) is 10.6 Å². The molecule has 0 spiro atoms. The van der Waals surface area contributed by atoms with Gasteiger partial charge in [0.2, 0.25) is 5.91 Å². The summed E-state index contributed by atoms with van der Waals surface area (Å²) in [6.07, 6.45) is 2.32. The molecule has 3 nitrogen and oxygen atoms in total. The zero-order valence-electron chi connectivity index (χ0n) is 11.5. The highest BCUT2D eigenvalue weighted by molar-refractivity contribution is 5.75. The van der Waals surface area contributed by atoms with E-state index >= 15 is 0 Å². The molecule has 1 fully saturated rings. The quantitative estimate of drug-likeness (QED) is 0.880. The van der Waals surface area contributed by atoms with Crippen LogP contribution in [-0.2, 0) is 4.79 Å². The van der Waals surface area contributed by atoms with Crippen LogP contribution in [0.5, 0.6) is 0 Å². The molecule has 4 heteroatoms. The van der Waals surface area contributed by atoms with Gasteiger partial charge in [-0.25, -0.2) is 4.39 Å². The number of hydrogen-bond donors (Lipinski definition) is 2. The van der Waals surface area contributed by atoms with Gasteiger partial charge in [0.25, 0.3) is 0 Å². The van der Waals surface area contributed by atoms with E-state index in [2.05, 4.69) is 10.6 Å². The van der Waals surface area contributed by atoms with Crippen molar-refractivity contribution in [3.05, 3.63) is 35.1 Å². The molecule has 0 saturated carbocycles. The smallest absolute Gasteiger partial charge is 0.219 e. The van der Waals surface area contributed by atoms with Gasteiger partial charge in [-0.3, -0.25) is 4.79 Å². The summed E-state index contributed by atoms with van der Waals surface area (Å²) in [5, 5.41) is 6.49. The first-order valence-electron chi connectivity index (χ1n) is 6.89. The van der Waals surface area contributed by atoms with Crippen LogP contribution in [0.3, 0.4) is 0 Å². The molecule has 1 aromatic carbocycles. The highest BCUT2D eigenvalue weighted by Gasteiger charge is 2.24. The van der Waals surface area contributed by atoms with Crippen molar-refractivity contribution in [3.8, 4) is 0 Å². The van der Waals surface area contributed by atoms with Crippen LogP contribution in [0.25, 0.3) is 0 Å². The molecule has 104 valence electrons. The number of carbonyl (C=O) groups is 1. The molecule has 1 amide bonds. The van der Waals surface area contributed by atoms with Crippen molar-refractivity contribution in [2.45, 2.75) is 45.2 Å². The van der Waals surface area contributed by atoms with Crippen molar-refractivity contribution in [3.63, 3.8) is 0 Å². The summed E-state index contributed by atoms with van der Waals surface area (Å²) < 4.78 is 13.1. The largest absolute Gasteiger partial charge is 0.353 e. The van der Waals surface area contributed by atoms with Gasteiger partial charge in [-0.2, -0.15) is 0 Å². The van der Waals surface area contributed by atoms with Crippen molar-refractivity contribution in [2.75, 3.05) is 6.54 Å². The highest BCUT2D eigenvalue weighted by Crippen LogP contribution is 2.26. The van der Waals surface area contributed by atoms with E-state index in [0.717, 1.165) is 30.5 Å². The van der Waals surface area contributed by atoms with Crippen LogP contribution < -0.4 is 10.6 Å². The molecule has 2 N–H and O–H groups in total. The van der Waals surface area contributed by atoms with E-state index in [1.54, 1.807) is 6.07 Å². The normalized spacial score (nSPS) is 23.1. The molecule has 2 rings (SSSR count). The van der Waals surface area contributed by atoms with Crippen molar-refractivity contribution in [1.29, 1.82) is 0 Å². The summed E-state index contributed by atoms with van der Waals surface area (Å²) in [7, 11) is 0. The van der Waals surface area contributed by atoms with Crippen molar-refractivity contribution in [2.24, 2.45) is 0 Å². The van der Waals surface area contributed by atoms with Gasteiger partial charge in [-0.1, -0.05) is 13.0 Å². The Morgan fingerprint density at radius 3 is 3.00 bits per heavy atom. The Hall–Kier alpha value is -1.42. The van der Waals surface area contributed by atoms with Crippen molar-refractivity contribution < 1.29 is 9.18 Å². The monoisotopic (exact) mass is 264 g/mol. The van der Waals surface area contributed by atoms with E-state index in [-0.39, 0.29) is 23.8 Å². The number of nitrogens with one attached hydrogen (secondary N) is 2. The molecule has 19 heavy (non-hydrogen) atoms. The molecule has 1 aliphatic rings. The summed E-state index contributed by atoms with van der Waals surface area (Å²) in [6.45, 7) is 4.66. The fourth-order valence-corrected chi connectivity index (χ4v) is 2.65. The average Bonchev–Trinajstić information content (AvgIpc) is 2.39. The molecular formula is C15H21FN2O. The minimum atomic E-state index is -0.201. The molecule has 0 aliphatic carbocycles. The fourth-order valence-electron chi connectivity index (χ4n) is 2.65. The van der Waals surface area contributed by atoms with Crippen LogP contribution in [0.4, 0.5) is 4.39 Å².